The largest absolute Gasteiger partial charge is 0.477 e. The molecule has 0 aromatic carbocycles. The number of carboxylic acid groups (broad SMARTS) is 1. The van der Waals surface area contributed by atoms with Crippen molar-refractivity contribution in [2.75, 3.05) is 6.61 Å². The number of hydrogen-bond acceptors (Lipinski definition) is 4. The van der Waals surface area contributed by atoms with E-state index in [9.17, 15) is 4.79 Å². The van der Waals surface area contributed by atoms with Gasteiger partial charge in [-0.15, -0.1) is 0 Å². The number of ether oxygens (including phenoxy) is 1. The first-order chi connectivity index (χ1) is 9.16. The van der Waals surface area contributed by atoms with Gasteiger partial charge in [0.05, 0.1) is 6.61 Å². The minimum atomic E-state index is -1.10. The number of halogens is 1. The Morgan fingerprint density at radius 2 is 2.16 bits per heavy atom. The maximum absolute atomic E-state index is 11.0. The minimum absolute atomic E-state index is 0.00887. The van der Waals surface area contributed by atoms with Crippen LogP contribution in [0.3, 0.4) is 0 Å². The Labute approximate surface area is 114 Å². The Bertz CT molecular complexity index is 575. The van der Waals surface area contributed by atoms with Crippen LogP contribution in [0.4, 0.5) is 0 Å². The SMILES string of the molecule is O=C(O)c1ccc(Cl)nc1OCCc1ccccn1. The van der Waals surface area contributed by atoms with E-state index in [0.29, 0.717) is 6.42 Å². The average Bonchev–Trinajstić information content (AvgIpc) is 2.39. The quantitative estimate of drug-likeness (QED) is 0.851. The van der Waals surface area contributed by atoms with Crippen molar-refractivity contribution >= 4 is 17.6 Å². The first-order valence-electron chi connectivity index (χ1n) is 5.59. The van der Waals surface area contributed by atoms with Gasteiger partial charge in [0.1, 0.15) is 10.7 Å². The van der Waals surface area contributed by atoms with Crippen LogP contribution in [0.15, 0.2) is 36.5 Å². The van der Waals surface area contributed by atoms with Crippen molar-refractivity contribution in [1.82, 2.24) is 9.97 Å². The molecule has 0 unspecified atom stereocenters. The van der Waals surface area contributed by atoms with E-state index in [1.165, 1.54) is 12.1 Å². The summed E-state index contributed by atoms with van der Waals surface area (Å²) in [6.07, 6.45) is 2.25. The van der Waals surface area contributed by atoms with E-state index in [2.05, 4.69) is 9.97 Å². The zero-order valence-electron chi connectivity index (χ0n) is 9.91. The standard InChI is InChI=1S/C13H11ClN2O3/c14-11-5-4-10(13(17)18)12(16-11)19-8-6-9-3-1-2-7-15-9/h1-5,7H,6,8H2,(H,17,18). The molecule has 0 fully saturated rings. The Hall–Kier alpha value is -2.14. The van der Waals surface area contributed by atoms with Crippen molar-refractivity contribution in [2.24, 2.45) is 0 Å². The molecule has 5 nitrogen and oxygen atoms in total. The lowest BCUT2D eigenvalue weighted by Gasteiger charge is -2.07. The summed E-state index contributed by atoms with van der Waals surface area (Å²) in [4.78, 5) is 19.0. The van der Waals surface area contributed by atoms with Gasteiger partial charge >= 0.3 is 5.97 Å². The first-order valence-corrected chi connectivity index (χ1v) is 5.97. The highest BCUT2D eigenvalue weighted by Gasteiger charge is 2.13. The normalized spacial score (nSPS) is 10.2. The zero-order valence-corrected chi connectivity index (χ0v) is 10.7. The van der Waals surface area contributed by atoms with E-state index < -0.39 is 5.97 Å². The van der Waals surface area contributed by atoms with Gasteiger partial charge in [-0.05, 0) is 24.3 Å². The summed E-state index contributed by atoms with van der Waals surface area (Å²) < 4.78 is 5.37. The summed E-state index contributed by atoms with van der Waals surface area (Å²) in [7, 11) is 0. The second kappa shape index (κ2) is 6.15. The van der Waals surface area contributed by atoms with Crippen LogP contribution in [0, 0.1) is 0 Å². The van der Waals surface area contributed by atoms with E-state index in [1.807, 2.05) is 18.2 Å². The van der Waals surface area contributed by atoms with Crippen LogP contribution in [0.1, 0.15) is 16.1 Å². The van der Waals surface area contributed by atoms with Gasteiger partial charge in [0, 0.05) is 18.3 Å². The molecule has 0 radical (unpaired) electrons. The molecule has 1 N–H and O–H groups in total. The second-order valence-electron chi connectivity index (χ2n) is 3.71. The van der Waals surface area contributed by atoms with Crippen LogP contribution >= 0.6 is 11.6 Å². The molecule has 0 saturated carbocycles. The van der Waals surface area contributed by atoms with Crippen LogP contribution < -0.4 is 4.74 Å². The Morgan fingerprint density at radius 1 is 1.32 bits per heavy atom. The molecule has 0 saturated heterocycles. The van der Waals surface area contributed by atoms with Crippen LogP contribution in [0.5, 0.6) is 5.88 Å². The van der Waals surface area contributed by atoms with Crippen LogP contribution in [-0.4, -0.2) is 27.7 Å². The molecule has 0 spiro atoms. The highest BCUT2D eigenvalue weighted by molar-refractivity contribution is 6.29. The van der Waals surface area contributed by atoms with Crippen molar-refractivity contribution in [3.05, 3.63) is 52.9 Å². The van der Waals surface area contributed by atoms with Gasteiger partial charge in [0.2, 0.25) is 5.88 Å². The Morgan fingerprint density at radius 3 is 2.84 bits per heavy atom. The third kappa shape index (κ3) is 3.66. The Kier molecular flexibility index (Phi) is 4.30. The molecule has 0 amide bonds. The number of hydrogen-bond donors (Lipinski definition) is 1. The summed E-state index contributed by atoms with van der Waals surface area (Å²) >= 11 is 5.72. The predicted molar refractivity (Wildman–Crippen MR) is 69.6 cm³/mol. The molecule has 0 aliphatic carbocycles. The Balaban J connectivity index is 2.03. The van der Waals surface area contributed by atoms with Gasteiger partial charge in [-0.1, -0.05) is 17.7 Å². The third-order valence-corrected chi connectivity index (χ3v) is 2.59. The highest BCUT2D eigenvalue weighted by Crippen LogP contribution is 2.19. The molecule has 0 aliphatic rings. The number of aromatic nitrogens is 2. The van der Waals surface area contributed by atoms with Gasteiger partial charge in [0.25, 0.3) is 0 Å². The number of rotatable bonds is 5. The number of carbonyl (C=O) groups is 1. The molecule has 2 rings (SSSR count). The minimum Gasteiger partial charge on any atom is -0.477 e. The van der Waals surface area contributed by atoms with Crippen molar-refractivity contribution in [1.29, 1.82) is 0 Å². The summed E-state index contributed by atoms with van der Waals surface area (Å²) in [6.45, 7) is 0.282. The molecule has 0 aliphatic heterocycles. The van der Waals surface area contributed by atoms with E-state index in [4.69, 9.17) is 21.4 Å². The van der Waals surface area contributed by atoms with Crippen LogP contribution in [0.2, 0.25) is 5.15 Å². The molecule has 2 aromatic heterocycles. The average molecular weight is 279 g/mol. The van der Waals surface area contributed by atoms with E-state index >= 15 is 0 Å². The summed E-state index contributed by atoms with van der Waals surface area (Å²) in [5.41, 5.74) is 0.854. The summed E-state index contributed by atoms with van der Waals surface area (Å²) in [6, 6.07) is 8.35. The fraction of sp³-hybridized carbons (Fsp3) is 0.154. The van der Waals surface area contributed by atoms with Crippen LogP contribution in [-0.2, 0) is 6.42 Å². The van der Waals surface area contributed by atoms with Gasteiger partial charge in [-0.2, -0.15) is 0 Å². The molecule has 2 aromatic rings. The molecule has 98 valence electrons. The molecule has 2 heterocycles. The van der Waals surface area contributed by atoms with Crippen LogP contribution in [0.25, 0.3) is 0 Å². The third-order valence-electron chi connectivity index (χ3n) is 2.38. The molecular weight excluding hydrogens is 268 g/mol. The smallest absolute Gasteiger partial charge is 0.341 e. The maximum atomic E-state index is 11.0. The number of pyridine rings is 2. The molecule has 0 atom stereocenters. The monoisotopic (exact) mass is 278 g/mol. The fourth-order valence-electron chi connectivity index (χ4n) is 1.49. The van der Waals surface area contributed by atoms with Gasteiger partial charge < -0.3 is 9.84 Å². The summed E-state index contributed by atoms with van der Waals surface area (Å²) in [5.74, 6) is -1.08. The summed E-state index contributed by atoms with van der Waals surface area (Å²) in [5, 5.41) is 9.19. The first kappa shape index (κ1) is 13.3. The van der Waals surface area contributed by atoms with Crippen molar-refractivity contribution < 1.29 is 14.6 Å². The van der Waals surface area contributed by atoms with Gasteiger partial charge in [-0.25, -0.2) is 9.78 Å². The lowest BCUT2D eigenvalue weighted by Crippen LogP contribution is -2.08. The number of aromatic carboxylic acids is 1. The highest BCUT2D eigenvalue weighted by atomic mass is 35.5. The molecule has 19 heavy (non-hydrogen) atoms. The lowest BCUT2D eigenvalue weighted by atomic mass is 10.2. The second-order valence-corrected chi connectivity index (χ2v) is 4.10. The fourth-order valence-corrected chi connectivity index (χ4v) is 1.63. The molecule has 0 bridgehead atoms. The van der Waals surface area contributed by atoms with E-state index in [1.54, 1.807) is 6.20 Å². The topological polar surface area (TPSA) is 72.3 Å². The van der Waals surface area contributed by atoms with Crippen molar-refractivity contribution in [2.45, 2.75) is 6.42 Å². The lowest BCUT2D eigenvalue weighted by molar-refractivity contribution is 0.0691. The molecule has 6 heteroatoms. The van der Waals surface area contributed by atoms with Gasteiger partial charge in [-0.3, -0.25) is 4.98 Å². The van der Waals surface area contributed by atoms with Gasteiger partial charge in [0.15, 0.2) is 0 Å². The van der Waals surface area contributed by atoms with E-state index in [0.717, 1.165) is 5.69 Å². The number of carboxylic acids is 1. The number of nitrogens with zero attached hydrogens (tertiary/aromatic N) is 2. The molecular formula is C13H11ClN2O3. The predicted octanol–water partition coefficient (Wildman–Crippen LogP) is 2.45. The maximum Gasteiger partial charge on any atom is 0.341 e. The zero-order chi connectivity index (χ0) is 13.7. The van der Waals surface area contributed by atoms with Crippen molar-refractivity contribution in [3.63, 3.8) is 0 Å². The van der Waals surface area contributed by atoms with Crippen molar-refractivity contribution in [3.8, 4) is 5.88 Å². The van der Waals surface area contributed by atoms with E-state index in [-0.39, 0.29) is 23.2 Å².